The standard InChI is InChI=1S/C21H26N4O6S2/c1-5-25-11-10-15-16(12-25)32-20(17(15)19(27)23-21(28)31-4)22-18(26)13-6-8-14(9-7-13)33(29,30)24(2)3/h6-9H,5,10-12H2,1-4H3,(H,22,26)(H,23,27,28). The summed E-state index contributed by atoms with van der Waals surface area (Å²) in [5, 5.41) is 5.25. The highest BCUT2D eigenvalue weighted by Gasteiger charge is 2.29. The molecule has 0 radical (unpaired) electrons. The van der Waals surface area contributed by atoms with E-state index in [2.05, 4.69) is 20.3 Å². The van der Waals surface area contributed by atoms with Gasteiger partial charge in [-0.15, -0.1) is 11.3 Å². The second-order valence-electron chi connectivity index (χ2n) is 7.54. The Morgan fingerprint density at radius 3 is 2.39 bits per heavy atom. The lowest BCUT2D eigenvalue weighted by Gasteiger charge is -2.25. The van der Waals surface area contributed by atoms with Gasteiger partial charge in [0.1, 0.15) is 5.00 Å². The Morgan fingerprint density at radius 2 is 1.82 bits per heavy atom. The summed E-state index contributed by atoms with van der Waals surface area (Å²) in [6.07, 6.45) is -0.280. The molecule has 1 aromatic heterocycles. The normalized spacial score (nSPS) is 14.0. The number of imide groups is 1. The second-order valence-corrected chi connectivity index (χ2v) is 10.8. The zero-order valence-corrected chi connectivity index (χ0v) is 20.4. The van der Waals surface area contributed by atoms with Crippen LogP contribution in [0.4, 0.5) is 9.80 Å². The minimum atomic E-state index is -3.62. The van der Waals surface area contributed by atoms with E-state index in [4.69, 9.17) is 0 Å². The third-order valence-electron chi connectivity index (χ3n) is 5.33. The van der Waals surface area contributed by atoms with Crippen LogP contribution in [0.1, 0.15) is 38.1 Å². The molecular formula is C21H26N4O6S2. The molecule has 2 aromatic rings. The molecule has 0 saturated carbocycles. The van der Waals surface area contributed by atoms with Gasteiger partial charge in [0.2, 0.25) is 10.0 Å². The zero-order chi connectivity index (χ0) is 24.3. The van der Waals surface area contributed by atoms with Gasteiger partial charge in [-0.05, 0) is 42.8 Å². The van der Waals surface area contributed by atoms with Crippen molar-refractivity contribution in [1.29, 1.82) is 0 Å². The van der Waals surface area contributed by atoms with Crippen molar-refractivity contribution >= 4 is 44.3 Å². The maximum Gasteiger partial charge on any atom is 0.413 e. The number of hydrogen-bond donors (Lipinski definition) is 2. The van der Waals surface area contributed by atoms with Gasteiger partial charge < -0.3 is 10.1 Å². The fourth-order valence-corrected chi connectivity index (χ4v) is 5.61. The number of likely N-dealkylation sites (N-methyl/N-ethyl adjacent to an activating group) is 1. The molecule has 10 nitrogen and oxygen atoms in total. The first-order chi connectivity index (χ1) is 15.6. The average molecular weight is 495 g/mol. The molecule has 1 aliphatic heterocycles. The van der Waals surface area contributed by atoms with Crippen molar-refractivity contribution in [2.45, 2.75) is 24.8 Å². The molecule has 0 atom stereocenters. The molecule has 0 aliphatic carbocycles. The lowest BCUT2D eigenvalue weighted by atomic mass is 10.0. The summed E-state index contributed by atoms with van der Waals surface area (Å²) in [6.45, 7) is 4.30. The molecule has 12 heteroatoms. The van der Waals surface area contributed by atoms with E-state index < -0.39 is 27.9 Å². The molecule has 3 amide bonds. The number of nitrogens with zero attached hydrogens (tertiary/aromatic N) is 2. The van der Waals surface area contributed by atoms with Crippen molar-refractivity contribution in [3.8, 4) is 0 Å². The first-order valence-corrected chi connectivity index (χ1v) is 12.4. The topological polar surface area (TPSA) is 125 Å². The summed E-state index contributed by atoms with van der Waals surface area (Å²) in [7, 11) is 0.394. The Labute approximate surface area is 196 Å². The molecule has 0 unspecified atom stereocenters. The SMILES string of the molecule is CCN1CCc2c(sc(NC(=O)c3ccc(S(=O)(=O)N(C)C)cc3)c2C(=O)NC(=O)OC)C1. The molecule has 3 rings (SSSR count). The Balaban J connectivity index is 1.91. The molecule has 33 heavy (non-hydrogen) atoms. The van der Waals surface area contributed by atoms with Crippen LogP contribution in [0.3, 0.4) is 0 Å². The van der Waals surface area contributed by atoms with Crippen molar-refractivity contribution in [2.24, 2.45) is 0 Å². The fraction of sp³-hybridized carbons (Fsp3) is 0.381. The second kappa shape index (κ2) is 10.00. The van der Waals surface area contributed by atoms with Crippen LogP contribution in [0.25, 0.3) is 0 Å². The quantitative estimate of drug-likeness (QED) is 0.630. The number of sulfonamides is 1. The monoisotopic (exact) mass is 494 g/mol. The van der Waals surface area contributed by atoms with Gasteiger partial charge in [0, 0.05) is 37.6 Å². The number of ether oxygens (including phenoxy) is 1. The molecule has 178 valence electrons. The van der Waals surface area contributed by atoms with Crippen molar-refractivity contribution < 1.29 is 27.5 Å². The summed E-state index contributed by atoms with van der Waals surface area (Å²) in [4.78, 5) is 40.5. The molecule has 0 fully saturated rings. The fourth-order valence-electron chi connectivity index (χ4n) is 3.43. The maximum absolute atomic E-state index is 12.9. The van der Waals surface area contributed by atoms with E-state index in [1.165, 1.54) is 49.7 Å². The molecule has 1 aromatic carbocycles. The number of thiophene rings is 1. The summed E-state index contributed by atoms with van der Waals surface area (Å²) < 4.78 is 30.1. The smallest absolute Gasteiger partial charge is 0.413 e. The lowest BCUT2D eigenvalue weighted by molar-refractivity contribution is 0.0936. The molecule has 0 bridgehead atoms. The molecule has 0 spiro atoms. The number of anilines is 1. The van der Waals surface area contributed by atoms with Gasteiger partial charge in [0.25, 0.3) is 11.8 Å². The highest BCUT2D eigenvalue weighted by molar-refractivity contribution is 7.89. The minimum Gasteiger partial charge on any atom is -0.453 e. The van der Waals surface area contributed by atoms with Crippen LogP contribution in [0.15, 0.2) is 29.2 Å². The van der Waals surface area contributed by atoms with Crippen LogP contribution in [0.5, 0.6) is 0 Å². The van der Waals surface area contributed by atoms with E-state index in [0.717, 1.165) is 34.9 Å². The summed E-state index contributed by atoms with van der Waals surface area (Å²) in [5.41, 5.74) is 1.28. The van der Waals surface area contributed by atoms with Crippen LogP contribution in [-0.2, 0) is 27.7 Å². The number of fused-ring (bicyclic) bond motifs is 1. The van der Waals surface area contributed by atoms with Gasteiger partial charge in [-0.1, -0.05) is 6.92 Å². The highest BCUT2D eigenvalue weighted by atomic mass is 32.2. The molecule has 1 aliphatic rings. The van der Waals surface area contributed by atoms with E-state index in [1.807, 2.05) is 6.92 Å². The summed E-state index contributed by atoms with van der Waals surface area (Å²) >= 11 is 1.29. The minimum absolute atomic E-state index is 0.0634. The number of carbonyl (C=O) groups excluding carboxylic acids is 3. The number of amides is 3. The first-order valence-electron chi connectivity index (χ1n) is 10.2. The highest BCUT2D eigenvalue weighted by Crippen LogP contribution is 2.37. The summed E-state index contributed by atoms with van der Waals surface area (Å²) in [6, 6.07) is 5.53. The van der Waals surface area contributed by atoms with Crippen LogP contribution in [-0.4, -0.2) is 69.8 Å². The van der Waals surface area contributed by atoms with Crippen molar-refractivity contribution in [3.63, 3.8) is 0 Å². The third-order valence-corrected chi connectivity index (χ3v) is 8.29. The Bertz CT molecular complexity index is 1170. The molecular weight excluding hydrogens is 468 g/mol. The van der Waals surface area contributed by atoms with Gasteiger partial charge in [0.05, 0.1) is 17.6 Å². The number of rotatable bonds is 6. The number of methoxy groups -OCH3 is 1. The number of benzene rings is 1. The van der Waals surface area contributed by atoms with E-state index in [9.17, 15) is 22.8 Å². The van der Waals surface area contributed by atoms with Crippen molar-refractivity contribution in [2.75, 3.05) is 39.6 Å². The number of alkyl carbamates (subject to hydrolysis) is 1. The number of hydrogen-bond acceptors (Lipinski definition) is 8. The lowest BCUT2D eigenvalue weighted by Crippen LogP contribution is -2.33. The first kappa shape index (κ1) is 24.8. The average Bonchev–Trinajstić information content (AvgIpc) is 3.15. The third kappa shape index (κ3) is 5.24. The van der Waals surface area contributed by atoms with Crippen molar-refractivity contribution in [3.05, 3.63) is 45.8 Å². The van der Waals surface area contributed by atoms with Gasteiger partial charge in [-0.2, -0.15) is 0 Å². The zero-order valence-electron chi connectivity index (χ0n) is 18.8. The van der Waals surface area contributed by atoms with Gasteiger partial charge in [0.15, 0.2) is 0 Å². The van der Waals surface area contributed by atoms with Gasteiger partial charge >= 0.3 is 6.09 Å². The van der Waals surface area contributed by atoms with Crippen LogP contribution in [0, 0.1) is 0 Å². The van der Waals surface area contributed by atoms with E-state index >= 15 is 0 Å². The Hall–Kier alpha value is -2.80. The maximum atomic E-state index is 12.9. The van der Waals surface area contributed by atoms with Gasteiger partial charge in [-0.3, -0.25) is 19.8 Å². The number of nitrogens with one attached hydrogen (secondary N) is 2. The van der Waals surface area contributed by atoms with Crippen LogP contribution in [0.2, 0.25) is 0 Å². The summed E-state index contributed by atoms with van der Waals surface area (Å²) in [5.74, 6) is -1.14. The predicted molar refractivity (Wildman–Crippen MR) is 124 cm³/mol. The Kier molecular flexibility index (Phi) is 7.52. The van der Waals surface area contributed by atoms with Crippen LogP contribution < -0.4 is 10.6 Å². The molecule has 0 saturated heterocycles. The largest absolute Gasteiger partial charge is 0.453 e. The van der Waals surface area contributed by atoms with Gasteiger partial charge in [-0.25, -0.2) is 17.5 Å². The number of carbonyl (C=O) groups is 3. The molecule has 2 N–H and O–H groups in total. The molecule has 2 heterocycles. The van der Waals surface area contributed by atoms with E-state index in [1.54, 1.807) is 0 Å². The van der Waals surface area contributed by atoms with Crippen LogP contribution >= 0.6 is 11.3 Å². The predicted octanol–water partition coefficient (Wildman–Crippen LogP) is 2.12. The van der Waals surface area contributed by atoms with E-state index in [0.29, 0.717) is 18.0 Å². The van der Waals surface area contributed by atoms with E-state index in [-0.39, 0.29) is 16.0 Å². The van der Waals surface area contributed by atoms with Crippen molar-refractivity contribution in [1.82, 2.24) is 14.5 Å². The Morgan fingerprint density at radius 1 is 1.15 bits per heavy atom.